The number of imidazole rings is 1. The van der Waals surface area contributed by atoms with Crippen LogP contribution >= 0.6 is 0 Å². The molecule has 1 N–H and O–H groups in total. The number of nitrogens with one attached hydrogen (secondary N) is 1. The Labute approximate surface area is 141 Å². The van der Waals surface area contributed by atoms with Gasteiger partial charge in [0, 0.05) is 38.2 Å². The van der Waals surface area contributed by atoms with Crippen molar-refractivity contribution in [3.63, 3.8) is 0 Å². The van der Waals surface area contributed by atoms with Gasteiger partial charge in [-0.2, -0.15) is 5.26 Å². The molecule has 0 saturated carbocycles. The van der Waals surface area contributed by atoms with Crippen molar-refractivity contribution in [2.45, 2.75) is 18.9 Å². The molecule has 124 valence electrons. The zero-order chi connectivity index (χ0) is 16.9. The van der Waals surface area contributed by atoms with Gasteiger partial charge in [0.05, 0.1) is 17.7 Å². The van der Waals surface area contributed by atoms with Crippen LogP contribution < -0.4 is 5.32 Å². The second kappa shape index (κ2) is 7.28. The van der Waals surface area contributed by atoms with E-state index in [1.807, 2.05) is 17.8 Å². The lowest BCUT2D eigenvalue weighted by atomic mass is 9.90. The van der Waals surface area contributed by atoms with Gasteiger partial charge >= 0.3 is 0 Å². The fourth-order valence-electron chi connectivity index (χ4n) is 3.04. The van der Waals surface area contributed by atoms with E-state index in [9.17, 15) is 4.79 Å². The van der Waals surface area contributed by atoms with Crippen molar-refractivity contribution in [1.29, 1.82) is 5.26 Å². The van der Waals surface area contributed by atoms with Crippen molar-refractivity contribution in [1.82, 2.24) is 14.9 Å². The van der Waals surface area contributed by atoms with Crippen molar-refractivity contribution < 1.29 is 9.53 Å². The average molecular weight is 324 g/mol. The molecule has 3 rings (SSSR count). The minimum Gasteiger partial charge on any atom is -0.381 e. The Morgan fingerprint density at radius 2 is 2.08 bits per heavy atom. The summed E-state index contributed by atoms with van der Waals surface area (Å²) in [5, 5.41) is 12.0. The van der Waals surface area contributed by atoms with Crippen LogP contribution in [0.15, 0.2) is 36.7 Å². The van der Waals surface area contributed by atoms with E-state index in [-0.39, 0.29) is 11.9 Å². The number of ether oxygens (including phenoxy) is 1. The number of hydrogen-bond donors (Lipinski definition) is 1. The van der Waals surface area contributed by atoms with Gasteiger partial charge in [0.25, 0.3) is 5.91 Å². The highest BCUT2D eigenvalue weighted by Crippen LogP contribution is 2.29. The number of amides is 1. The summed E-state index contributed by atoms with van der Waals surface area (Å²) in [5.41, 5.74) is 1.08. The van der Waals surface area contributed by atoms with Gasteiger partial charge in [-0.1, -0.05) is 0 Å². The molecule has 1 aliphatic heterocycles. The smallest absolute Gasteiger partial charge is 0.251 e. The van der Waals surface area contributed by atoms with Gasteiger partial charge in [-0.3, -0.25) is 4.79 Å². The maximum absolute atomic E-state index is 12.6. The monoisotopic (exact) mass is 324 g/mol. The van der Waals surface area contributed by atoms with Crippen molar-refractivity contribution in [3.05, 3.63) is 53.6 Å². The van der Waals surface area contributed by atoms with E-state index in [2.05, 4.69) is 16.4 Å². The third kappa shape index (κ3) is 3.47. The molecular formula is C18H20N4O2. The Balaban J connectivity index is 1.81. The molecule has 1 aromatic carbocycles. The number of aryl methyl sites for hydroxylation is 1. The van der Waals surface area contributed by atoms with Crippen LogP contribution in [0.2, 0.25) is 0 Å². The summed E-state index contributed by atoms with van der Waals surface area (Å²) in [6, 6.07) is 8.55. The van der Waals surface area contributed by atoms with Crippen LogP contribution in [-0.2, 0) is 11.8 Å². The number of carbonyl (C=O) groups is 1. The normalized spacial score (nSPS) is 16.3. The molecule has 0 radical (unpaired) electrons. The van der Waals surface area contributed by atoms with Gasteiger partial charge in [-0.25, -0.2) is 4.98 Å². The van der Waals surface area contributed by atoms with E-state index in [1.165, 1.54) is 0 Å². The molecule has 0 aliphatic carbocycles. The van der Waals surface area contributed by atoms with E-state index >= 15 is 0 Å². The Morgan fingerprint density at radius 3 is 2.67 bits per heavy atom. The molecule has 1 amide bonds. The van der Waals surface area contributed by atoms with Crippen LogP contribution in [-0.4, -0.2) is 28.7 Å². The molecular weight excluding hydrogens is 304 g/mol. The molecule has 24 heavy (non-hydrogen) atoms. The van der Waals surface area contributed by atoms with Crippen molar-refractivity contribution in [2.24, 2.45) is 13.0 Å². The minimum atomic E-state index is -0.156. The second-order valence-corrected chi connectivity index (χ2v) is 5.99. The summed E-state index contributed by atoms with van der Waals surface area (Å²) in [7, 11) is 1.93. The van der Waals surface area contributed by atoms with Gasteiger partial charge < -0.3 is 14.6 Å². The SMILES string of the molecule is Cn1ccnc1[C@H](NC(=O)c1ccc(C#N)cc1)C1CCOCC1. The first-order valence-electron chi connectivity index (χ1n) is 8.05. The average Bonchev–Trinajstić information content (AvgIpc) is 3.06. The Bertz CT molecular complexity index is 739. The summed E-state index contributed by atoms with van der Waals surface area (Å²) >= 11 is 0. The largest absolute Gasteiger partial charge is 0.381 e. The summed E-state index contributed by atoms with van der Waals surface area (Å²) in [5.74, 6) is 0.991. The van der Waals surface area contributed by atoms with Crippen molar-refractivity contribution >= 4 is 5.91 Å². The van der Waals surface area contributed by atoms with Crippen LogP contribution in [0.1, 0.15) is 40.6 Å². The zero-order valence-electron chi connectivity index (χ0n) is 13.6. The highest BCUT2D eigenvalue weighted by molar-refractivity contribution is 5.94. The lowest BCUT2D eigenvalue weighted by Gasteiger charge is -2.30. The van der Waals surface area contributed by atoms with Crippen LogP contribution in [0.5, 0.6) is 0 Å². The predicted molar refractivity (Wildman–Crippen MR) is 88.1 cm³/mol. The van der Waals surface area contributed by atoms with Crippen LogP contribution in [0.4, 0.5) is 0 Å². The first-order valence-corrected chi connectivity index (χ1v) is 8.05. The fraction of sp³-hybridized carbons (Fsp3) is 0.389. The van der Waals surface area contributed by atoms with E-state index in [1.54, 1.807) is 30.5 Å². The number of rotatable bonds is 4. The molecule has 1 aliphatic rings. The third-order valence-corrected chi connectivity index (χ3v) is 4.44. The lowest BCUT2D eigenvalue weighted by molar-refractivity contribution is 0.0499. The third-order valence-electron chi connectivity index (χ3n) is 4.44. The molecule has 1 aromatic heterocycles. The highest BCUT2D eigenvalue weighted by atomic mass is 16.5. The molecule has 1 fully saturated rings. The van der Waals surface area contributed by atoms with E-state index in [0.717, 1.165) is 18.7 Å². The zero-order valence-corrected chi connectivity index (χ0v) is 13.6. The van der Waals surface area contributed by atoms with Gasteiger partial charge in [-0.15, -0.1) is 0 Å². The summed E-state index contributed by atoms with van der Waals surface area (Å²) < 4.78 is 7.39. The second-order valence-electron chi connectivity index (χ2n) is 5.99. The molecule has 0 spiro atoms. The quantitative estimate of drug-likeness (QED) is 0.935. The van der Waals surface area contributed by atoms with Gasteiger partial charge in [0.15, 0.2) is 0 Å². The Kier molecular flexibility index (Phi) is 4.92. The molecule has 0 bridgehead atoms. The van der Waals surface area contributed by atoms with Crippen LogP contribution in [0.3, 0.4) is 0 Å². The number of nitrogens with zero attached hydrogens (tertiary/aromatic N) is 3. The number of carbonyl (C=O) groups excluding carboxylic acids is 1. The van der Waals surface area contributed by atoms with Crippen LogP contribution in [0, 0.1) is 17.2 Å². The van der Waals surface area contributed by atoms with Crippen molar-refractivity contribution in [3.8, 4) is 6.07 Å². The number of aromatic nitrogens is 2. The molecule has 1 atom stereocenters. The van der Waals surface area contributed by atoms with Gasteiger partial charge in [0.1, 0.15) is 5.82 Å². The molecule has 0 unspecified atom stereocenters. The van der Waals surface area contributed by atoms with Crippen molar-refractivity contribution in [2.75, 3.05) is 13.2 Å². The number of benzene rings is 1. The first kappa shape index (κ1) is 16.2. The summed E-state index contributed by atoms with van der Waals surface area (Å²) in [6.07, 6.45) is 5.42. The van der Waals surface area contributed by atoms with Gasteiger partial charge in [-0.05, 0) is 43.0 Å². The Morgan fingerprint density at radius 1 is 1.38 bits per heavy atom. The van der Waals surface area contributed by atoms with Crippen LogP contribution in [0.25, 0.3) is 0 Å². The number of nitriles is 1. The minimum absolute atomic E-state index is 0.154. The summed E-state index contributed by atoms with van der Waals surface area (Å²) in [4.78, 5) is 17.1. The van der Waals surface area contributed by atoms with E-state index < -0.39 is 0 Å². The standard InChI is InChI=1S/C18H20N4O2/c1-22-9-8-20-17(22)16(14-6-10-24-11-7-14)21-18(23)15-4-2-13(12-19)3-5-15/h2-5,8-9,14,16H,6-7,10-11H2,1H3,(H,21,23)/t16-/m1/s1. The molecule has 6 heteroatoms. The van der Waals surface area contributed by atoms with E-state index in [0.29, 0.717) is 30.3 Å². The Hall–Kier alpha value is -2.65. The van der Waals surface area contributed by atoms with Gasteiger partial charge in [0.2, 0.25) is 0 Å². The lowest BCUT2D eigenvalue weighted by Crippen LogP contribution is -2.37. The molecule has 6 nitrogen and oxygen atoms in total. The maximum Gasteiger partial charge on any atom is 0.251 e. The summed E-state index contributed by atoms with van der Waals surface area (Å²) in [6.45, 7) is 1.41. The molecule has 2 aromatic rings. The fourth-order valence-corrected chi connectivity index (χ4v) is 3.04. The number of hydrogen-bond acceptors (Lipinski definition) is 4. The molecule has 1 saturated heterocycles. The molecule has 2 heterocycles. The highest BCUT2D eigenvalue weighted by Gasteiger charge is 2.29. The maximum atomic E-state index is 12.6. The first-order chi connectivity index (χ1) is 11.7. The van der Waals surface area contributed by atoms with E-state index in [4.69, 9.17) is 10.00 Å². The topological polar surface area (TPSA) is 79.9 Å². The predicted octanol–water partition coefficient (Wildman–Crippen LogP) is 2.19.